The maximum atomic E-state index is 12.3. The standard InChI is InChI=1S/C11H18N2OS2.ClH/c1-2-3-9(12)11(15-6-7-16-11)10(14)13-8-4-5-8;/h6-9H,2-5,12H2,1H3,(H,13,14);1H/t9-;/m0./s1. The summed E-state index contributed by atoms with van der Waals surface area (Å²) in [7, 11) is 0. The molecule has 1 heterocycles. The molecule has 0 spiro atoms. The van der Waals surface area contributed by atoms with Crippen LogP contribution in [0.2, 0.25) is 0 Å². The van der Waals surface area contributed by atoms with Gasteiger partial charge >= 0.3 is 0 Å². The van der Waals surface area contributed by atoms with E-state index >= 15 is 0 Å². The van der Waals surface area contributed by atoms with Crippen molar-refractivity contribution in [2.45, 2.75) is 48.8 Å². The Labute approximate surface area is 117 Å². The second-order valence-corrected chi connectivity index (χ2v) is 6.88. The third kappa shape index (κ3) is 3.34. The van der Waals surface area contributed by atoms with Crippen LogP contribution in [0, 0.1) is 0 Å². The van der Waals surface area contributed by atoms with Gasteiger partial charge in [-0.05, 0) is 30.1 Å². The van der Waals surface area contributed by atoms with E-state index < -0.39 is 4.08 Å². The Morgan fingerprint density at radius 3 is 2.59 bits per heavy atom. The van der Waals surface area contributed by atoms with Gasteiger partial charge in [-0.2, -0.15) is 0 Å². The first kappa shape index (κ1) is 15.2. The van der Waals surface area contributed by atoms with Gasteiger partial charge in [-0.15, -0.1) is 35.9 Å². The Hall–Kier alpha value is 0.160. The zero-order valence-electron chi connectivity index (χ0n) is 9.85. The Morgan fingerprint density at radius 1 is 1.53 bits per heavy atom. The number of amides is 1. The summed E-state index contributed by atoms with van der Waals surface area (Å²) in [5, 5.41) is 7.03. The minimum Gasteiger partial charge on any atom is -0.351 e. The van der Waals surface area contributed by atoms with E-state index in [1.165, 1.54) is 0 Å². The van der Waals surface area contributed by atoms with Crippen molar-refractivity contribution in [2.24, 2.45) is 5.73 Å². The summed E-state index contributed by atoms with van der Waals surface area (Å²) in [6, 6.07) is 0.321. The lowest BCUT2D eigenvalue weighted by atomic mass is 10.1. The summed E-state index contributed by atoms with van der Waals surface area (Å²) in [6.45, 7) is 2.10. The molecule has 17 heavy (non-hydrogen) atoms. The Kier molecular flexibility index (Phi) is 5.70. The van der Waals surface area contributed by atoms with E-state index in [4.69, 9.17) is 5.73 Å². The summed E-state index contributed by atoms with van der Waals surface area (Å²) < 4.78 is -0.515. The molecule has 1 fully saturated rings. The maximum absolute atomic E-state index is 12.3. The Morgan fingerprint density at radius 2 is 2.12 bits per heavy atom. The number of hydrogen-bond acceptors (Lipinski definition) is 4. The highest BCUT2D eigenvalue weighted by Crippen LogP contribution is 2.48. The highest BCUT2D eigenvalue weighted by molar-refractivity contribution is 8.24. The first-order valence-electron chi connectivity index (χ1n) is 5.76. The fraction of sp³-hybridized carbons (Fsp3) is 0.727. The Bertz CT molecular complexity index is 300. The van der Waals surface area contributed by atoms with E-state index in [-0.39, 0.29) is 24.4 Å². The van der Waals surface area contributed by atoms with E-state index in [1.807, 2.05) is 10.8 Å². The van der Waals surface area contributed by atoms with E-state index in [0.717, 1.165) is 25.7 Å². The van der Waals surface area contributed by atoms with E-state index in [1.54, 1.807) is 23.5 Å². The molecule has 0 unspecified atom stereocenters. The smallest absolute Gasteiger partial charge is 0.248 e. The lowest BCUT2D eigenvalue weighted by Crippen LogP contribution is -2.53. The predicted octanol–water partition coefficient (Wildman–Crippen LogP) is 2.46. The number of carbonyl (C=O) groups excluding carboxylic acids is 1. The number of rotatable bonds is 5. The monoisotopic (exact) mass is 294 g/mol. The molecule has 3 N–H and O–H groups in total. The molecule has 1 aliphatic heterocycles. The zero-order valence-corrected chi connectivity index (χ0v) is 12.3. The lowest BCUT2D eigenvalue weighted by molar-refractivity contribution is -0.121. The molecule has 1 amide bonds. The number of halogens is 1. The van der Waals surface area contributed by atoms with Crippen LogP contribution in [0.1, 0.15) is 32.6 Å². The summed E-state index contributed by atoms with van der Waals surface area (Å²) in [4.78, 5) is 12.3. The molecule has 0 aromatic carbocycles. The topological polar surface area (TPSA) is 55.1 Å². The average molecular weight is 295 g/mol. The third-order valence-corrected chi connectivity index (χ3v) is 5.83. The van der Waals surface area contributed by atoms with Gasteiger partial charge in [0.15, 0.2) is 4.08 Å². The van der Waals surface area contributed by atoms with Gasteiger partial charge in [-0.1, -0.05) is 13.3 Å². The molecule has 0 radical (unpaired) electrons. The van der Waals surface area contributed by atoms with Gasteiger partial charge in [0.1, 0.15) is 0 Å². The largest absolute Gasteiger partial charge is 0.351 e. The van der Waals surface area contributed by atoms with Crippen LogP contribution < -0.4 is 11.1 Å². The molecule has 6 heteroatoms. The normalized spacial score (nSPS) is 22.9. The summed E-state index contributed by atoms with van der Waals surface area (Å²) in [5.74, 6) is 0.107. The van der Waals surface area contributed by atoms with Gasteiger partial charge < -0.3 is 11.1 Å². The fourth-order valence-corrected chi connectivity index (χ4v) is 4.07. The van der Waals surface area contributed by atoms with Crippen molar-refractivity contribution < 1.29 is 4.79 Å². The quantitative estimate of drug-likeness (QED) is 0.818. The number of nitrogens with one attached hydrogen (secondary N) is 1. The maximum Gasteiger partial charge on any atom is 0.248 e. The average Bonchev–Trinajstić information content (AvgIpc) is 2.94. The second kappa shape index (κ2) is 6.36. The van der Waals surface area contributed by atoms with Crippen LogP contribution in [0.5, 0.6) is 0 Å². The van der Waals surface area contributed by atoms with Crippen LogP contribution >= 0.6 is 35.9 Å². The number of nitrogens with two attached hydrogens (primary N) is 1. The predicted molar refractivity (Wildman–Crippen MR) is 78.3 cm³/mol. The molecule has 0 saturated heterocycles. The third-order valence-electron chi connectivity index (χ3n) is 2.86. The van der Waals surface area contributed by atoms with Gasteiger partial charge in [0.2, 0.25) is 5.91 Å². The highest BCUT2D eigenvalue weighted by atomic mass is 35.5. The van der Waals surface area contributed by atoms with Crippen LogP contribution in [-0.2, 0) is 4.79 Å². The van der Waals surface area contributed by atoms with E-state index in [2.05, 4.69) is 12.2 Å². The SMILES string of the molecule is CCC[C@H](N)C1(C(=O)NC2CC2)SC=CS1.Cl. The van der Waals surface area contributed by atoms with Crippen LogP contribution in [-0.4, -0.2) is 22.1 Å². The molecule has 1 atom stereocenters. The van der Waals surface area contributed by atoms with Crippen molar-refractivity contribution in [1.29, 1.82) is 0 Å². The number of thioether (sulfide) groups is 2. The van der Waals surface area contributed by atoms with Crippen LogP contribution in [0.3, 0.4) is 0 Å². The summed E-state index contributed by atoms with van der Waals surface area (Å²) in [5.41, 5.74) is 6.18. The number of hydrogen-bond donors (Lipinski definition) is 2. The van der Waals surface area contributed by atoms with Crippen molar-refractivity contribution >= 4 is 41.8 Å². The first-order valence-corrected chi connectivity index (χ1v) is 7.52. The molecule has 1 aliphatic carbocycles. The van der Waals surface area contributed by atoms with Crippen LogP contribution in [0.4, 0.5) is 0 Å². The van der Waals surface area contributed by atoms with Crippen LogP contribution in [0.25, 0.3) is 0 Å². The first-order chi connectivity index (χ1) is 7.69. The molecule has 2 aliphatic rings. The lowest BCUT2D eigenvalue weighted by Gasteiger charge is -2.31. The van der Waals surface area contributed by atoms with Gasteiger partial charge in [0.05, 0.1) is 0 Å². The fourth-order valence-electron chi connectivity index (χ4n) is 1.75. The summed E-state index contributed by atoms with van der Waals surface area (Å²) in [6.07, 6.45) is 4.14. The molecule has 1 saturated carbocycles. The van der Waals surface area contributed by atoms with Gasteiger partial charge in [-0.25, -0.2) is 0 Å². The molecule has 0 aromatic heterocycles. The van der Waals surface area contributed by atoms with Crippen molar-refractivity contribution in [1.82, 2.24) is 5.32 Å². The van der Waals surface area contributed by atoms with Crippen LogP contribution in [0.15, 0.2) is 10.8 Å². The zero-order chi connectivity index (χ0) is 11.6. The molecular formula is C11H19ClN2OS2. The highest BCUT2D eigenvalue weighted by Gasteiger charge is 2.47. The van der Waals surface area contributed by atoms with Crippen molar-refractivity contribution in [3.05, 3.63) is 10.8 Å². The second-order valence-electron chi connectivity index (χ2n) is 4.32. The molecule has 0 bridgehead atoms. The van der Waals surface area contributed by atoms with E-state index in [0.29, 0.717) is 6.04 Å². The van der Waals surface area contributed by atoms with E-state index in [9.17, 15) is 4.79 Å². The minimum atomic E-state index is -0.515. The van der Waals surface area contributed by atoms with Gasteiger partial charge in [-0.3, -0.25) is 4.79 Å². The summed E-state index contributed by atoms with van der Waals surface area (Å²) >= 11 is 3.12. The molecule has 2 rings (SSSR count). The van der Waals surface area contributed by atoms with Gasteiger partial charge in [0, 0.05) is 12.1 Å². The van der Waals surface area contributed by atoms with Crippen molar-refractivity contribution in [3.8, 4) is 0 Å². The Balaban J connectivity index is 0.00000144. The molecule has 3 nitrogen and oxygen atoms in total. The van der Waals surface area contributed by atoms with Gasteiger partial charge in [0.25, 0.3) is 0 Å². The molecular weight excluding hydrogens is 276 g/mol. The molecule has 98 valence electrons. The van der Waals surface area contributed by atoms with Crippen molar-refractivity contribution in [3.63, 3.8) is 0 Å². The van der Waals surface area contributed by atoms with Crippen molar-refractivity contribution in [2.75, 3.05) is 0 Å². The minimum absolute atomic E-state index is 0. The molecule has 0 aromatic rings. The number of carbonyl (C=O) groups is 1.